The van der Waals surface area contributed by atoms with Crippen LogP contribution in [0.25, 0.3) is 0 Å². The Morgan fingerprint density at radius 2 is 2.06 bits per heavy atom. The molecule has 18 heavy (non-hydrogen) atoms. The molecule has 2 aromatic rings. The molecule has 1 aromatic heterocycles. The largest absolute Gasteiger partial charge is 0.494 e. The van der Waals surface area contributed by atoms with Crippen LogP contribution in [0.5, 0.6) is 5.75 Å². The Hall–Kier alpha value is -1.81. The van der Waals surface area contributed by atoms with E-state index >= 15 is 0 Å². The van der Waals surface area contributed by atoms with Gasteiger partial charge < -0.3 is 14.5 Å². The summed E-state index contributed by atoms with van der Waals surface area (Å²) in [7, 11) is 3.28. The molecule has 0 radical (unpaired) electrons. The molecule has 0 aliphatic heterocycles. The smallest absolute Gasteiger partial charge is 0.165 e. The Morgan fingerprint density at radius 3 is 2.61 bits per heavy atom. The summed E-state index contributed by atoms with van der Waals surface area (Å²) in [5, 5.41) is 3.15. The van der Waals surface area contributed by atoms with Gasteiger partial charge in [0, 0.05) is 0 Å². The molecule has 1 atom stereocenters. The molecular formula is C14H16FNO2. The minimum Gasteiger partial charge on any atom is -0.494 e. The average molecular weight is 249 g/mol. The third-order valence-electron chi connectivity index (χ3n) is 2.84. The maximum atomic E-state index is 13.4. The van der Waals surface area contributed by atoms with E-state index in [1.165, 1.54) is 13.2 Å². The number of rotatable bonds is 4. The Balaban J connectivity index is 2.38. The molecule has 1 aromatic carbocycles. The fourth-order valence-electron chi connectivity index (χ4n) is 1.94. The lowest BCUT2D eigenvalue weighted by Gasteiger charge is -2.15. The SMILES string of the molecule is CNC(c1ccc(F)c(OC)c1)c1ccc(C)o1. The molecule has 1 unspecified atom stereocenters. The van der Waals surface area contributed by atoms with Crippen LogP contribution in [-0.2, 0) is 0 Å². The van der Waals surface area contributed by atoms with Crippen molar-refractivity contribution in [2.75, 3.05) is 14.2 Å². The van der Waals surface area contributed by atoms with Gasteiger partial charge in [-0.2, -0.15) is 0 Å². The summed E-state index contributed by atoms with van der Waals surface area (Å²) in [6, 6.07) is 8.49. The van der Waals surface area contributed by atoms with E-state index in [0.29, 0.717) is 0 Å². The van der Waals surface area contributed by atoms with Gasteiger partial charge in [-0.15, -0.1) is 0 Å². The van der Waals surface area contributed by atoms with Gasteiger partial charge in [0.15, 0.2) is 11.6 Å². The zero-order chi connectivity index (χ0) is 13.1. The Morgan fingerprint density at radius 1 is 1.28 bits per heavy atom. The standard InChI is InChI=1S/C14H16FNO2/c1-9-4-7-12(18-9)14(16-2)10-5-6-11(15)13(8-10)17-3/h4-8,14,16H,1-3H3. The van der Waals surface area contributed by atoms with Crippen LogP contribution in [0.2, 0.25) is 0 Å². The van der Waals surface area contributed by atoms with Gasteiger partial charge in [-0.25, -0.2) is 4.39 Å². The van der Waals surface area contributed by atoms with Gasteiger partial charge in [-0.1, -0.05) is 6.07 Å². The predicted octanol–water partition coefficient (Wildman–Crippen LogP) is 3.04. The highest BCUT2D eigenvalue weighted by molar-refractivity contribution is 5.35. The van der Waals surface area contributed by atoms with Gasteiger partial charge in [0.25, 0.3) is 0 Å². The monoisotopic (exact) mass is 249 g/mol. The molecule has 1 N–H and O–H groups in total. The van der Waals surface area contributed by atoms with Crippen molar-refractivity contribution in [2.45, 2.75) is 13.0 Å². The molecular weight excluding hydrogens is 233 g/mol. The van der Waals surface area contributed by atoms with E-state index in [2.05, 4.69) is 5.32 Å². The molecule has 0 amide bonds. The first kappa shape index (κ1) is 12.6. The summed E-state index contributed by atoms with van der Waals surface area (Å²) in [5.74, 6) is 1.51. The van der Waals surface area contributed by atoms with Crippen LogP contribution in [0.3, 0.4) is 0 Å². The zero-order valence-corrected chi connectivity index (χ0v) is 10.7. The van der Waals surface area contributed by atoms with Crippen molar-refractivity contribution < 1.29 is 13.5 Å². The van der Waals surface area contributed by atoms with Crippen molar-refractivity contribution in [1.82, 2.24) is 5.32 Å². The van der Waals surface area contributed by atoms with Crippen LogP contribution < -0.4 is 10.1 Å². The number of nitrogens with one attached hydrogen (secondary N) is 1. The van der Waals surface area contributed by atoms with E-state index in [1.807, 2.05) is 26.1 Å². The normalized spacial score (nSPS) is 12.4. The first-order chi connectivity index (χ1) is 8.65. The van der Waals surface area contributed by atoms with Crippen molar-refractivity contribution in [2.24, 2.45) is 0 Å². The molecule has 2 rings (SSSR count). The molecule has 96 valence electrons. The second-order valence-corrected chi connectivity index (χ2v) is 4.06. The molecule has 0 saturated carbocycles. The topological polar surface area (TPSA) is 34.4 Å². The van der Waals surface area contributed by atoms with Crippen molar-refractivity contribution in [3.05, 3.63) is 53.2 Å². The summed E-state index contributed by atoms with van der Waals surface area (Å²) in [5.41, 5.74) is 0.894. The van der Waals surface area contributed by atoms with Crippen molar-refractivity contribution in [1.29, 1.82) is 0 Å². The predicted molar refractivity (Wildman–Crippen MR) is 67.3 cm³/mol. The Kier molecular flexibility index (Phi) is 3.67. The lowest BCUT2D eigenvalue weighted by molar-refractivity contribution is 0.384. The lowest BCUT2D eigenvalue weighted by atomic mass is 10.0. The molecule has 0 saturated heterocycles. The van der Waals surface area contributed by atoms with Crippen LogP contribution >= 0.6 is 0 Å². The van der Waals surface area contributed by atoms with E-state index in [1.54, 1.807) is 12.1 Å². The maximum Gasteiger partial charge on any atom is 0.165 e. The summed E-state index contributed by atoms with van der Waals surface area (Å²) in [4.78, 5) is 0. The van der Waals surface area contributed by atoms with Gasteiger partial charge in [0.05, 0.1) is 13.2 Å². The first-order valence-electron chi connectivity index (χ1n) is 5.72. The summed E-state index contributed by atoms with van der Waals surface area (Å²) in [6.07, 6.45) is 0. The number of methoxy groups -OCH3 is 1. The number of halogens is 1. The van der Waals surface area contributed by atoms with Crippen molar-refractivity contribution in [3.63, 3.8) is 0 Å². The molecule has 0 bridgehead atoms. The quantitative estimate of drug-likeness (QED) is 0.904. The highest BCUT2D eigenvalue weighted by Gasteiger charge is 2.17. The molecule has 0 aliphatic carbocycles. The second kappa shape index (κ2) is 5.23. The third-order valence-corrected chi connectivity index (χ3v) is 2.84. The minimum atomic E-state index is -0.369. The number of ether oxygens (including phenoxy) is 1. The summed E-state index contributed by atoms with van der Waals surface area (Å²) >= 11 is 0. The third kappa shape index (κ3) is 2.38. The Labute approximate surface area is 106 Å². The molecule has 0 spiro atoms. The average Bonchev–Trinajstić information content (AvgIpc) is 2.79. The second-order valence-electron chi connectivity index (χ2n) is 4.06. The molecule has 3 nitrogen and oxygen atoms in total. The number of hydrogen-bond donors (Lipinski definition) is 1. The van der Waals surface area contributed by atoms with Crippen LogP contribution in [0, 0.1) is 12.7 Å². The van der Waals surface area contributed by atoms with Gasteiger partial charge in [0.2, 0.25) is 0 Å². The fraction of sp³-hybridized carbons (Fsp3) is 0.286. The summed E-state index contributed by atoms with van der Waals surface area (Å²) < 4.78 is 24.0. The van der Waals surface area contributed by atoms with Gasteiger partial charge >= 0.3 is 0 Å². The highest BCUT2D eigenvalue weighted by Crippen LogP contribution is 2.27. The minimum absolute atomic E-state index is 0.117. The van der Waals surface area contributed by atoms with E-state index in [-0.39, 0.29) is 17.6 Å². The van der Waals surface area contributed by atoms with E-state index in [0.717, 1.165) is 17.1 Å². The zero-order valence-electron chi connectivity index (χ0n) is 10.7. The molecule has 1 heterocycles. The number of hydrogen-bond acceptors (Lipinski definition) is 3. The van der Waals surface area contributed by atoms with Gasteiger partial charge in [-0.3, -0.25) is 0 Å². The van der Waals surface area contributed by atoms with Crippen LogP contribution in [-0.4, -0.2) is 14.2 Å². The van der Waals surface area contributed by atoms with Crippen LogP contribution in [0.15, 0.2) is 34.7 Å². The number of furan rings is 1. The van der Waals surface area contributed by atoms with Crippen molar-refractivity contribution in [3.8, 4) is 5.75 Å². The first-order valence-corrected chi connectivity index (χ1v) is 5.72. The number of aryl methyl sites for hydroxylation is 1. The van der Waals surface area contributed by atoms with E-state index in [9.17, 15) is 4.39 Å². The molecule has 0 fully saturated rings. The van der Waals surface area contributed by atoms with Crippen LogP contribution in [0.1, 0.15) is 23.1 Å². The summed E-state index contributed by atoms with van der Waals surface area (Å²) in [6.45, 7) is 1.89. The van der Waals surface area contributed by atoms with Crippen molar-refractivity contribution >= 4 is 0 Å². The number of benzene rings is 1. The molecule has 4 heteroatoms. The van der Waals surface area contributed by atoms with E-state index in [4.69, 9.17) is 9.15 Å². The molecule has 0 aliphatic rings. The fourth-order valence-corrected chi connectivity index (χ4v) is 1.94. The lowest BCUT2D eigenvalue weighted by Crippen LogP contribution is -2.17. The van der Waals surface area contributed by atoms with Crippen LogP contribution in [0.4, 0.5) is 4.39 Å². The van der Waals surface area contributed by atoms with E-state index < -0.39 is 0 Å². The Bertz CT molecular complexity index is 536. The van der Waals surface area contributed by atoms with Gasteiger partial charge in [0.1, 0.15) is 11.5 Å². The van der Waals surface area contributed by atoms with Gasteiger partial charge in [-0.05, 0) is 43.8 Å². The highest BCUT2D eigenvalue weighted by atomic mass is 19.1. The maximum absolute atomic E-state index is 13.4.